The maximum Gasteiger partial charge on any atom is 0.0492 e. The number of aromatic nitrogens is 2. The largest absolute Gasteiger partial charge is 0.550 e. The number of aliphatic carboxylic acids is 1. The highest BCUT2D eigenvalue weighted by molar-refractivity contribution is 5.63. The highest BCUT2D eigenvalue weighted by atomic mass is 16.4. The second-order valence-electron chi connectivity index (χ2n) is 2.32. The standard InChI is InChI=1S/C7H10N2O2/c1-6-2-4-8-9(6)5-3-7(10)11/h2,4H,3,5H2,1H3,(H,10,11)/p-1. The number of hydrogen-bond acceptors (Lipinski definition) is 3. The highest BCUT2D eigenvalue weighted by Crippen LogP contribution is 1.96. The monoisotopic (exact) mass is 153 g/mol. The van der Waals surface area contributed by atoms with Gasteiger partial charge in [-0.2, -0.15) is 5.10 Å². The third-order valence-corrected chi connectivity index (χ3v) is 1.46. The summed E-state index contributed by atoms with van der Waals surface area (Å²) in [6.45, 7) is 2.27. The first-order chi connectivity index (χ1) is 5.20. The minimum atomic E-state index is -1.04. The lowest BCUT2D eigenvalue weighted by molar-refractivity contribution is -0.306. The van der Waals surface area contributed by atoms with E-state index in [-0.39, 0.29) is 6.42 Å². The van der Waals surface area contributed by atoms with Crippen LogP contribution in [-0.2, 0) is 11.3 Å². The Bertz CT molecular complexity index is 255. The molecule has 0 N–H and O–H groups in total. The molecule has 0 spiro atoms. The third-order valence-electron chi connectivity index (χ3n) is 1.46. The third kappa shape index (κ3) is 2.07. The second kappa shape index (κ2) is 3.18. The molecule has 4 heteroatoms. The van der Waals surface area contributed by atoms with Crippen LogP contribution in [0.15, 0.2) is 12.3 Å². The Morgan fingerprint density at radius 3 is 3.00 bits per heavy atom. The van der Waals surface area contributed by atoms with Crippen LogP contribution < -0.4 is 5.11 Å². The van der Waals surface area contributed by atoms with Crippen molar-refractivity contribution in [1.29, 1.82) is 0 Å². The van der Waals surface area contributed by atoms with E-state index in [0.29, 0.717) is 6.54 Å². The average molecular weight is 153 g/mol. The van der Waals surface area contributed by atoms with Gasteiger partial charge in [-0.25, -0.2) is 0 Å². The SMILES string of the molecule is Cc1ccnn1CCC(=O)[O-]. The number of carboxylic acid groups (broad SMARTS) is 1. The zero-order valence-corrected chi connectivity index (χ0v) is 6.28. The molecule has 1 aromatic heterocycles. The Balaban J connectivity index is 2.51. The van der Waals surface area contributed by atoms with E-state index in [1.54, 1.807) is 10.9 Å². The lowest BCUT2D eigenvalue weighted by atomic mass is 10.4. The minimum absolute atomic E-state index is 0.0164. The van der Waals surface area contributed by atoms with Gasteiger partial charge in [0.25, 0.3) is 0 Å². The molecule has 0 saturated carbocycles. The fourth-order valence-corrected chi connectivity index (χ4v) is 0.830. The van der Waals surface area contributed by atoms with Crippen molar-refractivity contribution < 1.29 is 9.90 Å². The topological polar surface area (TPSA) is 58.0 Å². The number of hydrogen-bond donors (Lipinski definition) is 0. The normalized spacial score (nSPS) is 9.91. The molecule has 0 bridgehead atoms. The summed E-state index contributed by atoms with van der Waals surface area (Å²) < 4.78 is 1.63. The van der Waals surface area contributed by atoms with E-state index in [1.165, 1.54) is 0 Å². The Morgan fingerprint density at radius 1 is 1.82 bits per heavy atom. The van der Waals surface area contributed by atoms with E-state index in [2.05, 4.69) is 5.10 Å². The zero-order valence-electron chi connectivity index (χ0n) is 6.28. The van der Waals surface area contributed by atoms with E-state index in [9.17, 15) is 9.90 Å². The molecule has 0 aliphatic rings. The predicted molar refractivity (Wildman–Crippen MR) is 36.6 cm³/mol. The van der Waals surface area contributed by atoms with Crippen molar-refractivity contribution >= 4 is 5.97 Å². The molecule has 0 radical (unpaired) electrons. The molecule has 0 aliphatic carbocycles. The van der Waals surface area contributed by atoms with Gasteiger partial charge in [0.1, 0.15) is 0 Å². The summed E-state index contributed by atoms with van der Waals surface area (Å²) in [4.78, 5) is 10.1. The molecule has 4 nitrogen and oxygen atoms in total. The van der Waals surface area contributed by atoms with Crippen molar-refractivity contribution in [3.8, 4) is 0 Å². The van der Waals surface area contributed by atoms with Gasteiger partial charge in [0.15, 0.2) is 0 Å². The Kier molecular flexibility index (Phi) is 2.25. The molecule has 0 atom stereocenters. The van der Waals surface area contributed by atoms with Gasteiger partial charge in [0.05, 0.1) is 0 Å². The van der Waals surface area contributed by atoms with E-state index in [1.807, 2.05) is 13.0 Å². The molecule has 0 aliphatic heterocycles. The summed E-state index contributed by atoms with van der Waals surface area (Å²) in [5.41, 5.74) is 0.964. The molecule has 1 heterocycles. The van der Waals surface area contributed by atoms with Crippen LogP contribution in [0, 0.1) is 6.92 Å². The molecule has 60 valence electrons. The van der Waals surface area contributed by atoms with Gasteiger partial charge in [0, 0.05) is 30.8 Å². The first-order valence-electron chi connectivity index (χ1n) is 3.38. The molecule has 0 aromatic carbocycles. The number of carboxylic acids is 1. The van der Waals surface area contributed by atoms with Crippen LogP contribution in [-0.4, -0.2) is 15.7 Å². The van der Waals surface area contributed by atoms with Crippen LogP contribution in [0.5, 0.6) is 0 Å². The van der Waals surface area contributed by atoms with Gasteiger partial charge in [-0.3, -0.25) is 4.68 Å². The molecule has 0 unspecified atom stereocenters. The molecular weight excluding hydrogens is 144 g/mol. The van der Waals surface area contributed by atoms with Crippen molar-refractivity contribution in [2.24, 2.45) is 0 Å². The molecule has 0 fully saturated rings. The Morgan fingerprint density at radius 2 is 2.55 bits per heavy atom. The van der Waals surface area contributed by atoms with Crippen molar-refractivity contribution in [2.75, 3.05) is 0 Å². The first-order valence-corrected chi connectivity index (χ1v) is 3.38. The zero-order chi connectivity index (χ0) is 8.27. The van der Waals surface area contributed by atoms with E-state index < -0.39 is 5.97 Å². The number of aryl methyl sites for hydroxylation is 2. The summed E-state index contributed by atoms with van der Waals surface area (Å²) in [7, 11) is 0. The molecule has 11 heavy (non-hydrogen) atoms. The summed E-state index contributed by atoms with van der Waals surface area (Å²) in [6, 6.07) is 1.83. The van der Waals surface area contributed by atoms with E-state index in [0.717, 1.165) is 5.69 Å². The molecular formula is C7H9N2O2-. The predicted octanol–water partition coefficient (Wildman–Crippen LogP) is -0.668. The maximum absolute atomic E-state index is 10.1. The van der Waals surface area contributed by atoms with Crippen LogP contribution in [0.1, 0.15) is 12.1 Å². The van der Waals surface area contributed by atoms with Crippen molar-refractivity contribution in [3.05, 3.63) is 18.0 Å². The van der Waals surface area contributed by atoms with Crippen LogP contribution in [0.3, 0.4) is 0 Å². The van der Waals surface area contributed by atoms with Crippen LogP contribution >= 0.6 is 0 Å². The molecule has 1 rings (SSSR count). The Hall–Kier alpha value is -1.32. The van der Waals surface area contributed by atoms with Crippen LogP contribution in [0.4, 0.5) is 0 Å². The van der Waals surface area contributed by atoms with Gasteiger partial charge >= 0.3 is 0 Å². The van der Waals surface area contributed by atoms with Gasteiger partial charge in [-0.1, -0.05) is 0 Å². The van der Waals surface area contributed by atoms with Crippen molar-refractivity contribution in [1.82, 2.24) is 9.78 Å². The van der Waals surface area contributed by atoms with Crippen LogP contribution in [0.2, 0.25) is 0 Å². The van der Waals surface area contributed by atoms with E-state index >= 15 is 0 Å². The minimum Gasteiger partial charge on any atom is -0.550 e. The average Bonchev–Trinajstić information content (AvgIpc) is 2.31. The first kappa shape index (κ1) is 7.78. The summed E-state index contributed by atoms with van der Waals surface area (Å²) in [5, 5.41) is 14.0. The fraction of sp³-hybridized carbons (Fsp3) is 0.429. The highest BCUT2D eigenvalue weighted by Gasteiger charge is 1.95. The van der Waals surface area contributed by atoms with Gasteiger partial charge in [0.2, 0.25) is 0 Å². The number of carbonyl (C=O) groups is 1. The van der Waals surface area contributed by atoms with E-state index in [4.69, 9.17) is 0 Å². The van der Waals surface area contributed by atoms with Crippen molar-refractivity contribution in [3.63, 3.8) is 0 Å². The quantitative estimate of drug-likeness (QED) is 0.578. The van der Waals surface area contributed by atoms with Gasteiger partial charge in [-0.05, 0) is 13.0 Å². The number of carbonyl (C=O) groups excluding carboxylic acids is 1. The summed E-state index contributed by atoms with van der Waals surface area (Å²) in [5.74, 6) is -1.04. The van der Waals surface area contributed by atoms with Gasteiger partial charge < -0.3 is 9.90 Å². The number of rotatable bonds is 3. The molecule has 0 saturated heterocycles. The molecule has 0 amide bonds. The van der Waals surface area contributed by atoms with Gasteiger partial charge in [-0.15, -0.1) is 0 Å². The van der Waals surface area contributed by atoms with Crippen LogP contribution in [0.25, 0.3) is 0 Å². The molecule has 1 aromatic rings. The summed E-state index contributed by atoms with van der Waals surface area (Å²) >= 11 is 0. The summed E-state index contributed by atoms with van der Waals surface area (Å²) in [6.07, 6.45) is 1.66. The number of nitrogens with zero attached hydrogens (tertiary/aromatic N) is 2. The lowest BCUT2D eigenvalue weighted by Crippen LogP contribution is -2.24. The van der Waals surface area contributed by atoms with Crippen molar-refractivity contribution in [2.45, 2.75) is 19.9 Å². The Labute approximate surface area is 64.5 Å². The smallest absolute Gasteiger partial charge is 0.0492 e. The maximum atomic E-state index is 10.1. The lowest BCUT2D eigenvalue weighted by Gasteiger charge is -2.03. The fourth-order valence-electron chi connectivity index (χ4n) is 0.830. The second-order valence-corrected chi connectivity index (χ2v) is 2.32.